The summed E-state index contributed by atoms with van der Waals surface area (Å²) in [6.45, 7) is 10.3. The lowest BCUT2D eigenvalue weighted by molar-refractivity contribution is 0.291. The van der Waals surface area contributed by atoms with E-state index in [1.807, 2.05) is 6.20 Å². The maximum absolute atomic E-state index is 4.54. The molecule has 21 heavy (non-hydrogen) atoms. The first-order valence-corrected chi connectivity index (χ1v) is 8.96. The van der Waals surface area contributed by atoms with Gasteiger partial charge >= 0.3 is 0 Å². The summed E-state index contributed by atoms with van der Waals surface area (Å²) < 4.78 is 1.28. The molecule has 116 valence electrons. The van der Waals surface area contributed by atoms with E-state index in [2.05, 4.69) is 55.5 Å². The fraction of sp³-hybridized carbons (Fsp3) is 0.611. The average Bonchev–Trinajstić information content (AvgIpc) is 2.92. The molecule has 0 aliphatic rings. The van der Waals surface area contributed by atoms with E-state index >= 15 is 0 Å². The standard InChI is InChI=1S/C18H28N2S/c1-5-6-7-9-18(3,4)13-20-14(2)15-11-17-16(19-12-15)8-10-21-17/h8,10-12,14,20H,5-7,9,13H2,1-4H3. The van der Waals surface area contributed by atoms with Gasteiger partial charge in [-0.15, -0.1) is 11.3 Å². The van der Waals surface area contributed by atoms with E-state index < -0.39 is 0 Å². The summed E-state index contributed by atoms with van der Waals surface area (Å²) in [7, 11) is 0. The van der Waals surface area contributed by atoms with Crippen molar-refractivity contribution >= 4 is 21.6 Å². The van der Waals surface area contributed by atoms with Gasteiger partial charge in [-0.05, 0) is 41.8 Å². The SMILES string of the molecule is CCCCCC(C)(C)CNC(C)c1cnc2ccsc2c1. The maximum atomic E-state index is 4.54. The first-order valence-electron chi connectivity index (χ1n) is 8.08. The summed E-state index contributed by atoms with van der Waals surface area (Å²) >= 11 is 1.77. The molecule has 2 heterocycles. The molecule has 0 bridgehead atoms. The number of hydrogen-bond acceptors (Lipinski definition) is 3. The van der Waals surface area contributed by atoms with E-state index in [4.69, 9.17) is 0 Å². The molecule has 2 nitrogen and oxygen atoms in total. The second-order valence-corrected chi connectivity index (χ2v) is 7.74. The molecule has 0 saturated carbocycles. The van der Waals surface area contributed by atoms with Crippen LogP contribution in [0.3, 0.4) is 0 Å². The average molecular weight is 305 g/mol. The highest BCUT2D eigenvalue weighted by Crippen LogP contribution is 2.26. The van der Waals surface area contributed by atoms with Crippen molar-refractivity contribution in [3.63, 3.8) is 0 Å². The Balaban J connectivity index is 1.89. The monoisotopic (exact) mass is 304 g/mol. The van der Waals surface area contributed by atoms with Gasteiger partial charge in [0.05, 0.1) is 10.2 Å². The Kier molecular flexibility index (Phi) is 5.77. The van der Waals surface area contributed by atoms with E-state index in [0.29, 0.717) is 11.5 Å². The minimum Gasteiger partial charge on any atom is -0.310 e. The zero-order valence-electron chi connectivity index (χ0n) is 13.8. The molecule has 1 atom stereocenters. The van der Waals surface area contributed by atoms with Crippen LogP contribution in [0.1, 0.15) is 65.0 Å². The Morgan fingerprint density at radius 3 is 2.90 bits per heavy atom. The Morgan fingerprint density at radius 1 is 1.33 bits per heavy atom. The third kappa shape index (κ3) is 4.79. The van der Waals surface area contributed by atoms with Crippen LogP contribution in [0.5, 0.6) is 0 Å². The largest absolute Gasteiger partial charge is 0.310 e. The minimum absolute atomic E-state index is 0.356. The van der Waals surface area contributed by atoms with Crippen molar-refractivity contribution in [2.45, 2.75) is 59.4 Å². The number of nitrogens with one attached hydrogen (secondary N) is 1. The molecule has 0 aliphatic heterocycles. The van der Waals surface area contributed by atoms with Gasteiger partial charge in [0, 0.05) is 18.8 Å². The van der Waals surface area contributed by atoms with Crippen LogP contribution >= 0.6 is 11.3 Å². The Labute approximate surface area is 133 Å². The number of fused-ring (bicyclic) bond motifs is 1. The molecule has 2 rings (SSSR count). The predicted molar refractivity (Wildman–Crippen MR) is 94.0 cm³/mol. The summed E-state index contributed by atoms with van der Waals surface area (Å²) in [5.74, 6) is 0. The molecular formula is C18H28N2S. The first-order chi connectivity index (χ1) is 10.0. The zero-order valence-corrected chi connectivity index (χ0v) is 14.6. The van der Waals surface area contributed by atoms with E-state index in [1.54, 1.807) is 11.3 Å². The van der Waals surface area contributed by atoms with Crippen molar-refractivity contribution in [3.8, 4) is 0 Å². The molecule has 1 unspecified atom stereocenters. The van der Waals surface area contributed by atoms with Crippen molar-refractivity contribution in [2.24, 2.45) is 5.41 Å². The molecule has 0 amide bonds. The Bertz CT molecular complexity index is 559. The molecule has 1 N–H and O–H groups in total. The van der Waals surface area contributed by atoms with Crippen molar-refractivity contribution in [2.75, 3.05) is 6.54 Å². The van der Waals surface area contributed by atoms with E-state index in [9.17, 15) is 0 Å². The number of aromatic nitrogens is 1. The van der Waals surface area contributed by atoms with Crippen LogP contribution in [-0.2, 0) is 0 Å². The normalized spacial score (nSPS) is 13.7. The summed E-state index contributed by atoms with van der Waals surface area (Å²) in [5.41, 5.74) is 2.76. The van der Waals surface area contributed by atoms with E-state index in [-0.39, 0.29) is 0 Å². The minimum atomic E-state index is 0.356. The van der Waals surface area contributed by atoms with Crippen molar-refractivity contribution in [3.05, 3.63) is 29.3 Å². The summed E-state index contributed by atoms with van der Waals surface area (Å²) in [5, 5.41) is 5.80. The molecule has 0 radical (unpaired) electrons. The van der Waals surface area contributed by atoms with Crippen LogP contribution in [0.25, 0.3) is 10.2 Å². The summed E-state index contributed by atoms with van der Waals surface area (Å²) in [6, 6.07) is 4.71. The third-order valence-corrected chi connectivity index (χ3v) is 5.02. The fourth-order valence-electron chi connectivity index (χ4n) is 2.59. The Hall–Kier alpha value is -0.930. The lowest BCUT2D eigenvalue weighted by Gasteiger charge is -2.27. The first kappa shape index (κ1) is 16.4. The van der Waals surface area contributed by atoms with Crippen LogP contribution in [0.2, 0.25) is 0 Å². The lowest BCUT2D eigenvalue weighted by atomic mass is 9.86. The highest BCUT2D eigenvalue weighted by molar-refractivity contribution is 7.17. The molecule has 0 aliphatic carbocycles. The fourth-order valence-corrected chi connectivity index (χ4v) is 3.38. The van der Waals surface area contributed by atoms with Crippen LogP contribution in [0.4, 0.5) is 0 Å². The van der Waals surface area contributed by atoms with E-state index in [1.165, 1.54) is 35.9 Å². The molecule has 0 saturated heterocycles. The molecule has 0 spiro atoms. The van der Waals surface area contributed by atoms with Crippen molar-refractivity contribution in [1.29, 1.82) is 0 Å². The molecule has 2 aromatic rings. The number of thiophene rings is 1. The van der Waals surface area contributed by atoms with Gasteiger partial charge in [0.1, 0.15) is 0 Å². The van der Waals surface area contributed by atoms with Crippen molar-refractivity contribution < 1.29 is 0 Å². The molecule has 3 heteroatoms. The van der Waals surface area contributed by atoms with Gasteiger partial charge in [0.15, 0.2) is 0 Å². The quantitative estimate of drug-likeness (QED) is 0.646. The summed E-state index contributed by atoms with van der Waals surface area (Å²) in [6.07, 6.45) is 7.28. The smallest absolute Gasteiger partial charge is 0.0809 e. The van der Waals surface area contributed by atoms with E-state index in [0.717, 1.165) is 12.1 Å². The number of nitrogens with zero attached hydrogens (tertiary/aromatic N) is 1. The molecular weight excluding hydrogens is 276 g/mol. The van der Waals surface area contributed by atoms with Crippen LogP contribution in [0, 0.1) is 5.41 Å². The van der Waals surface area contributed by atoms with Crippen molar-refractivity contribution in [1.82, 2.24) is 10.3 Å². The van der Waals surface area contributed by atoms with Gasteiger partial charge in [-0.2, -0.15) is 0 Å². The van der Waals surface area contributed by atoms with Crippen LogP contribution in [0.15, 0.2) is 23.7 Å². The van der Waals surface area contributed by atoms with Gasteiger partial charge in [0.25, 0.3) is 0 Å². The third-order valence-electron chi connectivity index (χ3n) is 4.17. The van der Waals surface area contributed by atoms with Gasteiger partial charge in [-0.1, -0.05) is 40.0 Å². The molecule has 0 aromatic carbocycles. The number of hydrogen-bond donors (Lipinski definition) is 1. The summed E-state index contributed by atoms with van der Waals surface area (Å²) in [4.78, 5) is 4.54. The predicted octanol–water partition coefficient (Wildman–Crippen LogP) is 5.55. The topological polar surface area (TPSA) is 24.9 Å². The zero-order chi connectivity index (χ0) is 15.3. The molecule has 0 fully saturated rings. The van der Waals surface area contributed by atoms with Gasteiger partial charge < -0.3 is 5.32 Å². The number of unbranched alkanes of at least 4 members (excludes halogenated alkanes) is 2. The van der Waals surface area contributed by atoms with Gasteiger partial charge in [-0.25, -0.2) is 0 Å². The second kappa shape index (κ2) is 7.37. The van der Waals surface area contributed by atoms with Gasteiger partial charge in [0.2, 0.25) is 0 Å². The van der Waals surface area contributed by atoms with Crippen LogP contribution < -0.4 is 5.32 Å². The highest BCUT2D eigenvalue weighted by atomic mass is 32.1. The highest BCUT2D eigenvalue weighted by Gasteiger charge is 2.18. The Morgan fingerprint density at radius 2 is 2.14 bits per heavy atom. The maximum Gasteiger partial charge on any atom is 0.0809 e. The van der Waals surface area contributed by atoms with Crippen LogP contribution in [-0.4, -0.2) is 11.5 Å². The number of rotatable bonds is 8. The van der Waals surface area contributed by atoms with Gasteiger partial charge in [-0.3, -0.25) is 4.98 Å². The molecule has 2 aromatic heterocycles. The number of pyridine rings is 1. The second-order valence-electron chi connectivity index (χ2n) is 6.80. The lowest BCUT2D eigenvalue weighted by Crippen LogP contribution is -2.31.